The van der Waals surface area contributed by atoms with Gasteiger partial charge in [0.25, 0.3) is 0 Å². The molecule has 0 spiro atoms. The molecular weight excluding hydrogens is 516 g/mol. The predicted octanol–water partition coefficient (Wildman–Crippen LogP) is 5.07. The van der Waals surface area contributed by atoms with Crippen molar-refractivity contribution in [1.82, 2.24) is 24.4 Å². The van der Waals surface area contributed by atoms with Gasteiger partial charge in [-0.15, -0.1) is 0 Å². The lowest BCUT2D eigenvalue weighted by molar-refractivity contribution is 0.127. The number of para-hydroxylation sites is 1. The lowest BCUT2D eigenvalue weighted by atomic mass is 9.80. The van der Waals surface area contributed by atoms with E-state index in [0.29, 0.717) is 17.7 Å². The zero-order chi connectivity index (χ0) is 24.9. The third kappa shape index (κ3) is 5.46. The van der Waals surface area contributed by atoms with Crippen LogP contribution in [0, 0.1) is 5.92 Å². The first-order valence-corrected chi connectivity index (χ1v) is 12.0. The number of ether oxygens (including phenoxy) is 1. The molecule has 0 amide bonds. The monoisotopic (exact) mass is 542 g/mol. The minimum Gasteiger partial charge on any atom is -0.450 e. The van der Waals surface area contributed by atoms with Crippen molar-refractivity contribution in [2.75, 3.05) is 19.5 Å². The number of hydrogen-bond acceptors (Lipinski definition) is 6. The van der Waals surface area contributed by atoms with Gasteiger partial charge in [-0.05, 0) is 59.7 Å². The first-order valence-electron chi connectivity index (χ1n) is 11.2. The fraction of sp³-hybridized carbons (Fsp3) is 0.333. The molecule has 0 atom stereocenters. The van der Waals surface area contributed by atoms with Crippen LogP contribution in [0.5, 0.6) is 0 Å². The summed E-state index contributed by atoms with van der Waals surface area (Å²) in [5, 5.41) is 23.0. The Labute approximate surface area is 210 Å². The molecule has 4 N–H and O–H groups in total. The highest BCUT2D eigenvalue weighted by Crippen LogP contribution is 2.40. The van der Waals surface area contributed by atoms with E-state index in [1.54, 1.807) is 11.6 Å². The van der Waals surface area contributed by atoms with Crippen LogP contribution in [0.15, 0.2) is 53.4 Å². The summed E-state index contributed by atoms with van der Waals surface area (Å²) in [6, 6.07) is 10.0. The minimum absolute atomic E-state index is 0.379. The number of carbonyl (C=O) groups is 1. The Balaban J connectivity index is 0.000000672. The summed E-state index contributed by atoms with van der Waals surface area (Å²) >= 11 is 3.69. The Morgan fingerprint density at radius 1 is 1.14 bits per heavy atom. The molecule has 0 bridgehead atoms. The molecule has 35 heavy (non-hydrogen) atoms. The number of nitrogens with zero attached hydrogens (tertiary/aromatic N) is 5. The highest BCUT2D eigenvalue weighted by atomic mass is 79.9. The molecule has 0 aliphatic heterocycles. The molecule has 11 heteroatoms. The van der Waals surface area contributed by atoms with Gasteiger partial charge >= 0.3 is 6.16 Å². The average molecular weight is 543 g/mol. The summed E-state index contributed by atoms with van der Waals surface area (Å²) in [6.07, 6.45) is 8.30. The van der Waals surface area contributed by atoms with Gasteiger partial charge in [-0.3, -0.25) is 0 Å². The molecule has 3 aromatic heterocycles. The van der Waals surface area contributed by atoms with Gasteiger partial charge in [-0.2, -0.15) is 14.7 Å². The Morgan fingerprint density at radius 2 is 1.83 bits per heavy atom. The molecule has 10 nitrogen and oxygen atoms in total. The molecule has 1 fully saturated rings. The smallest absolute Gasteiger partial charge is 0.450 e. The van der Waals surface area contributed by atoms with E-state index in [0.717, 1.165) is 64.9 Å². The fourth-order valence-electron chi connectivity index (χ4n) is 4.51. The number of halogens is 1. The third-order valence-corrected chi connectivity index (χ3v) is 7.01. The average Bonchev–Trinajstić information content (AvgIpc) is 3.50. The van der Waals surface area contributed by atoms with Crippen LogP contribution in [0.1, 0.15) is 37.3 Å². The van der Waals surface area contributed by atoms with Gasteiger partial charge in [0.2, 0.25) is 0 Å². The number of rotatable bonds is 5. The van der Waals surface area contributed by atoms with E-state index >= 15 is 0 Å². The molecule has 0 unspecified atom stereocenters. The molecule has 1 aliphatic rings. The van der Waals surface area contributed by atoms with E-state index in [-0.39, 0.29) is 0 Å². The molecule has 1 saturated carbocycles. The van der Waals surface area contributed by atoms with Crippen molar-refractivity contribution in [3.63, 3.8) is 0 Å². The van der Waals surface area contributed by atoms with Gasteiger partial charge in [-0.25, -0.2) is 14.5 Å². The molecule has 184 valence electrons. The molecule has 1 aromatic carbocycles. The number of carboxylic acid groups (broad SMARTS) is 2. The Bertz CT molecular complexity index is 1290. The first kappa shape index (κ1) is 24.7. The van der Waals surface area contributed by atoms with Gasteiger partial charge < -0.3 is 20.7 Å². The van der Waals surface area contributed by atoms with Crippen LogP contribution in [0.25, 0.3) is 22.5 Å². The summed E-state index contributed by atoms with van der Waals surface area (Å²) in [5.41, 5.74) is 11.1. The molecule has 0 saturated heterocycles. The number of hydrogen-bond donors (Lipinski definition) is 3. The van der Waals surface area contributed by atoms with E-state index in [1.807, 2.05) is 53.6 Å². The SMILES string of the molecule is COCC1CCC(c2nc3c(-c4cnn(-c5ccccc5)c4)cnn3c(N)c2Br)CC1.O=C(O)O. The second kappa shape index (κ2) is 10.9. The van der Waals surface area contributed by atoms with Crippen molar-refractivity contribution in [3.05, 3.63) is 59.1 Å². The number of nitrogens with two attached hydrogens (primary N) is 1. The maximum Gasteiger partial charge on any atom is 0.503 e. The maximum atomic E-state index is 8.56. The van der Waals surface area contributed by atoms with E-state index in [2.05, 4.69) is 26.1 Å². The maximum absolute atomic E-state index is 8.56. The number of benzene rings is 1. The lowest BCUT2D eigenvalue weighted by Crippen LogP contribution is -2.19. The number of aromatic nitrogens is 5. The van der Waals surface area contributed by atoms with Gasteiger partial charge in [-0.1, -0.05) is 18.2 Å². The zero-order valence-electron chi connectivity index (χ0n) is 19.2. The summed E-state index contributed by atoms with van der Waals surface area (Å²) < 4.78 is 9.77. The van der Waals surface area contributed by atoms with Crippen molar-refractivity contribution in [2.45, 2.75) is 31.6 Å². The van der Waals surface area contributed by atoms with Gasteiger partial charge in [0.05, 0.1) is 28.2 Å². The molecule has 5 rings (SSSR count). The highest BCUT2D eigenvalue weighted by molar-refractivity contribution is 9.10. The third-order valence-electron chi connectivity index (χ3n) is 6.20. The molecular formula is C24H27BrN6O4. The topological polar surface area (TPSA) is 141 Å². The molecule has 3 heterocycles. The van der Waals surface area contributed by atoms with Crippen molar-refractivity contribution in [2.24, 2.45) is 5.92 Å². The second-order valence-corrected chi connectivity index (χ2v) is 9.25. The van der Waals surface area contributed by atoms with Crippen molar-refractivity contribution >= 4 is 33.6 Å². The van der Waals surface area contributed by atoms with Crippen LogP contribution in [0.2, 0.25) is 0 Å². The first-order chi connectivity index (χ1) is 16.9. The summed E-state index contributed by atoms with van der Waals surface area (Å²) in [5.74, 6) is 1.60. The number of methoxy groups -OCH3 is 1. The predicted molar refractivity (Wildman–Crippen MR) is 135 cm³/mol. The van der Waals surface area contributed by atoms with Crippen LogP contribution in [-0.2, 0) is 4.74 Å². The van der Waals surface area contributed by atoms with Gasteiger partial charge in [0.1, 0.15) is 5.82 Å². The highest BCUT2D eigenvalue weighted by Gasteiger charge is 2.27. The van der Waals surface area contributed by atoms with E-state index < -0.39 is 6.16 Å². The lowest BCUT2D eigenvalue weighted by Gasteiger charge is -2.28. The van der Waals surface area contributed by atoms with Crippen molar-refractivity contribution in [1.29, 1.82) is 0 Å². The summed E-state index contributed by atoms with van der Waals surface area (Å²) in [4.78, 5) is 13.6. The number of anilines is 1. The Morgan fingerprint density at radius 3 is 2.49 bits per heavy atom. The fourth-order valence-corrected chi connectivity index (χ4v) is 5.09. The van der Waals surface area contributed by atoms with Gasteiger partial charge in [0.15, 0.2) is 5.65 Å². The van der Waals surface area contributed by atoms with Crippen molar-refractivity contribution < 1.29 is 19.7 Å². The summed E-state index contributed by atoms with van der Waals surface area (Å²) in [6.45, 7) is 0.834. The normalized spacial score (nSPS) is 17.7. The van der Waals surface area contributed by atoms with E-state index in [9.17, 15) is 0 Å². The van der Waals surface area contributed by atoms with Crippen LogP contribution in [-0.4, -0.2) is 54.5 Å². The standard InChI is InChI=1S/C23H25BrN6O.CH2O3/c1-31-14-15-7-9-16(10-8-15)21-20(24)22(25)30-23(28-21)19(12-27-30)17-11-26-29(13-17)18-5-3-2-4-6-18;2-1(3)4/h2-6,11-13,15-16H,7-10,14,25H2,1H3;(H2,2,3,4). The van der Waals surface area contributed by atoms with E-state index in [1.165, 1.54) is 0 Å². The van der Waals surface area contributed by atoms with Crippen LogP contribution < -0.4 is 5.73 Å². The van der Waals surface area contributed by atoms with Gasteiger partial charge in [0, 0.05) is 37.0 Å². The van der Waals surface area contributed by atoms with Crippen molar-refractivity contribution in [3.8, 4) is 16.8 Å². The molecule has 4 aromatic rings. The summed E-state index contributed by atoms with van der Waals surface area (Å²) in [7, 11) is 1.78. The number of nitrogen functional groups attached to an aromatic ring is 1. The Hall–Kier alpha value is -3.44. The largest absolute Gasteiger partial charge is 0.503 e. The van der Waals surface area contributed by atoms with Crippen LogP contribution >= 0.6 is 15.9 Å². The molecule has 1 aliphatic carbocycles. The van der Waals surface area contributed by atoms with E-state index in [4.69, 9.17) is 30.5 Å². The molecule has 0 radical (unpaired) electrons. The zero-order valence-corrected chi connectivity index (χ0v) is 20.8. The second-order valence-electron chi connectivity index (χ2n) is 8.45. The Kier molecular flexibility index (Phi) is 7.67. The quantitative estimate of drug-likeness (QED) is 0.317. The number of fused-ring (bicyclic) bond motifs is 1. The van der Waals surface area contributed by atoms with Crippen LogP contribution in [0.3, 0.4) is 0 Å². The minimum atomic E-state index is -1.83. The van der Waals surface area contributed by atoms with Crippen LogP contribution in [0.4, 0.5) is 10.6 Å².